The predicted molar refractivity (Wildman–Crippen MR) is 38.1 cm³/mol. The molecule has 4 heteroatoms. The van der Waals surface area contributed by atoms with Crippen LogP contribution in [0.3, 0.4) is 0 Å². The molecule has 1 heterocycles. The summed E-state index contributed by atoms with van der Waals surface area (Å²) >= 11 is 3.95. The van der Waals surface area contributed by atoms with Crippen molar-refractivity contribution >= 4 is 12.6 Å². The zero-order valence-electron chi connectivity index (χ0n) is 5.45. The van der Waals surface area contributed by atoms with Crippen LogP contribution in [0.1, 0.15) is 31.1 Å². The van der Waals surface area contributed by atoms with Gasteiger partial charge >= 0.3 is 0 Å². The first kappa shape index (κ1) is 6.22. The fourth-order valence-electron chi connectivity index (χ4n) is 1.05. The second kappa shape index (κ2) is 2.27. The number of aromatic nitrogens is 2. The van der Waals surface area contributed by atoms with Crippen LogP contribution in [0.4, 0.5) is 0 Å². The van der Waals surface area contributed by atoms with Crippen LogP contribution in [0.5, 0.6) is 0 Å². The van der Waals surface area contributed by atoms with E-state index in [2.05, 4.69) is 22.8 Å². The van der Waals surface area contributed by atoms with Gasteiger partial charge in [-0.3, -0.25) is 0 Å². The third kappa shape index (κ3) is 0.923. The summed E-state index contributed by atoms with van der Waals surface area (Å²) in [6.45, 7) is 0. The van der Waals surface area contributed by atoms with Gasteiger partial charge in [-0.1, -0.05) is 11.6 Å². The summed E-state index contributed by atoms with van der Waals surface area (Å²) in [7, 11) is 0. The van der Waals surface area contributed by atoms with Gasteiger partial charge in [-0.05, 0) is 12.8 Å². The van der Waals surface area contributed by atoms with Gasteiger partial charge in [-0.2, -0.15) is 4.98 Å². The van der Waals surface area contributed by atoms with E-state index in [1.165, 1.54) is 19.3 Å². The largest absolute Gasteiger partial charge is 0.338 e. The SMILES string of the molecule is Sc1noc(C2CCC2)n1. The molecule has 0 radical (unpaired) electrons. The molecule has 3 nitrogen and oxygen atoms in total. The highest BCUT2D eigenvalue weighted by atomic mass is 32.1. The molecule has 0 bridgehead atoms. The Labute approximate surface area is 64.2 Å². The molecule has 54 valence electrons. The second-order valence-electron chi connectivity index (χ2n) is 2.56. The molecule has 0 atom stereocenters. The molecule has 1 aliphatic rings. The fraction of sp³-hybridized carbons (Fsp3) is 0.667. The molecular formula is C6H8N2OS. The molecule has 1 saturated carbocycles. The van der Waals surface area contributed by atoms with E-state index in [0.717, 1.165) is 5.89 Å². The van der Waals surface area contributed by atoms with Crippen LogP contribution in [-0.2, 0) is 0 Å². The van der Waals surface area contributed by atoms with Gasteiger partial charge in [0.1, 0.15) is 0 Å². The van der Waals surface area contributed by atoms with Crippen LogP contribution in [0.15, 0.2) is 9.68 Å². The lowest BCUT2D eigenvalue weighted by Gasteiger charge is -2.20. The van der Waals surface area contributed by atoms with Crippen molar-refractivity contribution in [3.05, 3.63) is 5.89 Å². The Morgan fingerprint density at radius 2 is 2.30 bits per heavy atom. The monoisotopic (exact) mass is 156 g/mol. The molecule has 0 N–H and O–H groups in total. The highest BCUT2D eigenvalue weighted by molar-refractivity contribution is 7.80. The minimum absolute atomic E-state index is 0.446. The van der Waals surface area contributed by atoms with Gasteiger partial charge in [-0.25, -0.2) is 0 Å². The van der Waals surface area contributed by atoms with Crippen LogP contribution in [-0.4, -0.2) is 10.1 Å². The minimum atomic E-state index is 0.446. The Balaban J connectivity index is 2.17. The molecule has 0 aromatic carbocycles. The van der Waals surface area contributed by atoms with Crippen LogP contribution in [0, 0.1) is 0 Å². The predicted octanol–water partition coefficient (Wildman–Crippen LogP) is 1.63. The molecule has 0 aliphatic heterocycles. The van der Waals surface area contributed by atoms with Crippen molar-refractivity contribution in [1.29, 1.82) is 0 Å². The number of thiol groups is 1. The zero-order chi connectivity index (χ0) is 6.97. The van der Waals surface area contributed by atoms with Gasteiger partial charge < -0.3 is 4.52 Å². The highest BCUT2D eigenvalue weighted by Crippen LogP contribution is 2.35. The molecule has 1 aromatic heterocycles. The lowest BCUT2D eigenvalue weighted by molar-refractivity contribution is 0.289. The van der Waals surface area contributed by atoms with Crippen molar-refractivity contribution in [2.75, 3.05) is 0 Å². The fourth-order valence-corrected chi connectivity index (χ4v) is 1.19. The molecule has 2 rings (SSSR count). The molecule has 1 aliphatic carbocycles. The topological polar surface area (TPSA) is 38.9 Å². The van der Waals surface area contributed by atoms with E-state index in [4.69, 9.17) is 4.52 Å². The zero-order valence-corrected chi connectivity index (χ0v) is 6.34. The number of hydrogen-bond donors (Lipinski definition) is 1. The summed E-state index contributed by atoms with van der Waals surface area (Å²) in [4.78, 5) is 4.02. The van der Waals surface area contributed by atoms with Crippen LogP contribution in [0.2, 0.25) is 0 Å². The Hall–Kier alpha value is -0.510. The molecule has 10 heavy (non-hydrogen) atoms. The van der Waals surface area contributed by atoms with Crippen molar-refractivity contribution in [2.45, 2.75) is 30.3 Å². The van der Waals surface area contributed by atoms with Gasteiger partial charge in [0, 0.05) is 5.92 Å². The quantitative estimate of drug-likeness (QED) is 0.628. The van der Waals surface area contributed by atoms with Crippen molar-refractivity contribution in [1.82, 2.24) is 10.1 Å². The van der Waals surface area contributed by atoms with Crippen molar-refractivity contribution in [2.24, 2.45) is 0 Å². The lowest BCUT2D eigenvalue weighted by atomic mass is 9.85. The number of rotatable bonds is 1. The van der Waals surface area contributed by atoms with Crippen LogP contribution >= 0.6 is 12.6 Å². The van der Waals surface area contributed by atoms with Gasteiger partial charge in [0.2, 0.25) is 11.0 Å². The number of nitrogens with zero attached hydrogens (tertiary/aromatic N) is 2. The second-order valence-corrected chi connectivity index (χ2v) is 2.96. The average molecular weight is 156 g/mol. The van der Waals surface area contributed by atoms with Gasteiger partial charge in [-0.15, -0.1) is 12.6 Å². The molecule has 0 spiro atoms. The maximum Gasteiger partial charge on any atom is 0.230 e. The van der Waals surface area contributed by atoms with Gasteiger partial charge in [0.15, 0.2) is 0 Å². The van der Waals surface area contributed by atoms with E-state index in [1.54, 1.807) is 0 Å². The standard InChI is InChI=1S/C6H8N2OS/c10-6-7-5(9-8-6)4-2-1-3-4/h4H,1-3H2,(H,8,10). The summed E-state index contributed by atoms with van der Waals surface area (Å²) in [5, 5.41) is 4.04. The smallest absolute Gasteiger partial charge is 0.230 e. The van der Waals surface area contributed by atoms with Crippen molar-refractivity contribution in [3.63, 3.8) is 0 Å². The normalized spacial score (nSPS) is 18.9. The lowest BCUT2D eigenvalue weighted by Crippen LogP contribution is -2.08. The van der Waals surface area contributed by atoms with Gasteiger partial charge in [0.05, 0.1) is 0 Å². The van der Waals surface area contributed by atoms with Crippen molar-refractivity contribution < 1.29 is 4.52 Å². The van der Waals surface area contributed by atoms with Gasteiger partial charge in [0.25, 0.3) is 0 Å². The molecule has 1 aromatic rings. The first-order valence-electron chi connectivity index (χ1n) is 3.39. The summed E-state index contributed by atoms with van der Waals surface area (Å²) in [6, 6.07) is 0. The highest BCUT2D eigenvalue weighted by Gasteiger charge is 2.24. The van der Waals surface area contributed by atoms with E-state index < -0.39 is 0 Å². The Morgan fingerprint density at radius 1 is 1.50 bits per heavy atom. The molecule has 1 fully saturated rings. The Bertz CT molecular complexity index is 231. The van der Waals surface area contributed by atoms with Crippen LogP contribution in [0.25, 0.3) is 0 Å². The molecule has 0 unspecified atom stereocenters. The molecular weight excluding hydrogens is 148 g/mol. The molecule has 0 amide bonds. The van der Waals surface area contributed by atoms with E-state index in [1.807, 2.05) is 0 Å². The molecule has 0 saturated heterocycles. The maximum absolute atomic E-state index is 4.93. The summed E-state index contributed by atoms with van der Waals surface area (Å²) in [5.74, 6) is 1.28. The van der Waals surface area contributed by atoms with E-state index in [0.29, 0.717) is 11.1 Å². The van der Waals surface area contributed by atoms with E-state index in [-0.39, 0.29) is 0 Å². The first-order valence-corrected chi connectivity index (χ1v) is 3.83. The summed E-state index contributed by atoms with van der Waals surface area (Å²) in [6.07, 6.45) is 3.67. The number of hydrogen-bond acceptors (Lipinski definition) is 4. The average Bonchev–Trinajstić information content (AvgIpc) is 2.10. The third-order valence-electron chi connectivity index (χ3n) is 1.89. The van der Waals surface area contributed by atoms with Crippen LogP contribution < -0.4 is 0 Å². The Morgan fingerprint density at radius 3 is 2.70 bits per heavy atom. The summed E-state index contributed by atoms with van der Waals surface area (Å²) in [5.41, 5.74) is 0. The summed E-state index contributed by atoms with van der Waals surface area (Å²) < 4.78 is 4.93. The van der Waals surface area contributed by atoms with Crippen molar-refractivity contribution in [3.8, 4) is 0 Å². The van der Waals surface area contributed by atoms with E-state index >= 15 is 0 Å². The maximum atomic E-state index is 4.93. The Kier molecular flexibility index (Phi) is 1.41. The van der Waals surface area contributed by atoms with E-state index in [9.17, 15) is 0 Å². The first-order chi connectivity index (χ1) is 4.86. The third-order valence-corrected chi connectivity index (χ3v) is 2.07. The minimum Gasteiger partial charge on any atom is -0.338 e.